The minimum absolute atomic E-state index is 0.413. The van der Waals surface area contributed by atoms with Gasteiger partial charge >= 0.3 is 5.97 Å². The van der Waals surface area contributed by atoms with Crippen molar-refractivity contribution in [2.24, 2.45) is 0 Å². The summed E-state index contributed by atoms with van der Waals surface area (Å²) in [6, 6.07) is 6.92. The lowest BCUT2D eigenvalue weighted by Gasteiger charge is -2.08. The molecule has 0 saturated carbocycles. The fourth-order valence-corrected chi connectivity index (χ4v) is 2.26. The van der Waals surface area contributed by atoms with Crippen molar-refractivity contribution < 1.29 is 31.5 Å². The first kappa shape index (κ1) is 16.0. The number of halogens is 5. The van der Waals surface area contributed by atoms with Crippen LogP contribution in [0.4, 0.5) is 22.0 Å². The number of H-pyrrole nitrogens is 1. The molecule has 0 saturated heterocycles. The molecule has 3 rings (SSSR count). The third-order valence-electron chi connectivity index (χ3n) is 3.40. The van der Waals surface area contributed by atoms with Gasteiger partial charge in [0.1, 0.15) is 0 Å². The van der Waals surface area contributed by atoms with Crippen LogP contribution in [0.15, 0.2) is 30.5 Å². The van der Waals surface area contributed by atoms with E-state index in [2.05, 4.69) is 9.72 Å². The van der Waals surface area contributed by atoms with E-state index in [4.69, 9.17) is 0 Å². The number of hydrogen-bond acceptors (Lipinski definition) is 2. The fraction of sp³-hybridized carbons (Fsp3) is 0.0625. The van der Waals surface area contributed by atoms with Crippen molar-refractivity contribution in [1.29, 1.82) is 0 Å². The molecular formula is C16H8F5NO2. The molecule has 0 aliphatic heterocycles. The van der Waals surface area contributed by atoms with E-state index in [1.807, 2.05) is 0 Å². The number of carbonyl (C=O) groups is 1. The number of nitrogens with one attached hydrogen (secondary N) is 1. The first-order valence-corrected chi connectivity index (χ1v) is 6.67. The summed E-state index contributed by atoms with van der Waals surface area (Å²) >= 11 is 0. The van der Waals surface area contributed by atoms with Crippen LogP contribution in [0.1, 0.15) is 5.56 Å². The Labute approximate surface area is 131 Å². The van der Waals surface area contributed by atoms with Gasteiger partial charge in [0.2, 0.25) is 34.8 Å². The van der Waals surface area contributed by atoms with E-state index in [0.29, 0.717) is 10.9 Å². The number of ether oxygens (including phenoxy) is 1. The minimum atomic E-state index is -2.32. The molecular weight excluding hydrogens is 333 g/mol. The second kappa shape index (κ2) is 5.95. The molecule has 0 bridgehead atoms. The Bertz CT molecular complexity index is 922. The Kier molecular flexibility index (Phi) is 3.96. The fourth-order valence-electron chi connectivity index (χ4n) is 2.26. The molecule has 0 fully saturated rings. The maximum absolute atomic E-state index is 13.5. The molecule has 0 amide bonds. The van der Waals surface area contributed by atoms with Gasteiger partial charge in [0.25, 0.3) is 0 Å². The number of fused-ring (bicyclic) bond motifs is 1. The topological polar surface area (TPSA) is 42.1 Å². The SMILES string of the molecule is O=C(Cc1c[nH]c2ccccc12)Oc1c(F)c(F)c(F)c(F)c1F. The number of aromatic amines is 1. The van der Waals surface area contributed by atoms with Crippen LogP contribution in [0.3, 0.4) is 0 Å². The average molecular weight is 341 g/mol. The van der Waals surface area contributed by atoms with Crippen molar-refractivity contribution in [2.75, 3.05) is 0 Å². The predicted molar refractivity (Wildman–Crippen MR) is 73.9 cm³/mol. The Balaban J connectivity index is 1.88. The van der Waals surface area contributed by atoms with Gasteiger partial charge in [-0.3, -0.25) is 4.79 Å². The Morgan fingerprint density at radius 3 is 2.17 bits per heavy atom. The summed E-state index contributed by atoms with van der Waals surface area (Å²) in [4.78, 5) is 14.7. The maximum Gasteiger partial charge on any atom is 0.315 e. The van der Waals surface area contributed by atoms with Gasteiger partial charge in [-0.15, -0.1) is 0 Å². The molecule has 3 nitrogen and oxygen atoms in total. The molecule has 2 aromatic carbocycles. The van der Waals surface area contributed by atoms with Gasteiger partial charge in [-0.1, -0.05) is 18.2 Å². The Hall–Kier alpha value is -2.90. The summed E-state index contributed by atoms with van der Waals surface area (Å²) in [6.45, 7) is 0. The smallest absolute Gasteiger partial charge is 0.315 e. The van der Waals surface area contributed by atoms with E-state index in [1.165, 1.54) is 6.20 Å². The Morgan fingerprint density at radius 2 is 1.50 bits per heavy atom. The largest absolute Gasteiger partial charge is 0.420 e. The first-order chi connectivity index (χ1) is 11.4. The lowest BCUT2D eigenvalue weighted by molar-refractivity contribution is -0.134. The van der Waals surface area contributed by atoms with E-state index in [-0.39, 0.29) is 0 Å². The molecule has 0 spiro atoms. The minimum Gasteiger partial charge on any atom is -0.420 e. The molecule has 3 aromatic rings. The highest BCUT2D eigenvalue weighted by molar-refractivity contribution is 5.87. The van der Waals surface area contributed by atoms with Crippen LogP contribution in [0.25, 0.3) is 10.9 Å². The van der Waals surface area contributed by atoms with Crippen molar-refractivity contribution in [2.45, 2.75) is 6.42 Å². The number of hydrogen-bond donors (Lipinski definition) is 1. The number of aromatic nitrogens is 1. The van der Waals surface area contributed by atoms with E-state index < -0.39 is 47.2 Å². The van der Waals surface area contributed by atoms with Crippen LogP contribution in [0.5, 0.6) is 5.75 Å². The van der Waals surface area contributed by atoms with E-state index in [1.54, 1.807) is 24.3 Å². The third kappa shape index (κ3) is 2.60. The van der Waals surface area contributed by atoms with Gasteiger partial charge in [-0.25, -0.2) is 13.2 Å². The molecule has 0 unspecified atom stereocenters. The summed E-state index contributed by atoms with van der Waals surface area (Å²) < 4.78 is 70.5. The molecule has 0 aliphatic carbocycles. The molecule has 1 N–H and O–H groups in total. The van der Waals surface area contributed by atoms with Gasteiger partial charge in [0.15, 0.2) is 0 Å². The molecule has 0 atom stereocenters. The lowest BCUT2D eigenvalue weighted by atomic mass is 10.1. The molecule has 0 aliphatic rings. The van der Waals surface area contributed by atoms with Crippen LogP contribution in [0.2, 0.25) is 0 Å². The maximum atomic E-state index is 13.5. The molecule has 24 heavy (non-hydrogen) atoms. The highest BCUT2D eigenvalue weighted by atomic mass is 19.2. The summed E-state index contributed by atoms with van der Waals surface area (Å²) in [7, 11) is 0. The lowest BCUT2D eigenvalue weighted by Crippen LogP contribution is -2.15. The monoisotopic (exact) mass is 341 g/mol. The van der Waals surface area contributed by atoms with Gasteiger partial charge < -0.3 is 9.72 Å². The van der Waals surface area contributed by atoms with E-state index in [0.717, 1.165) is 5.52 Å². The number of carbonyl (C=O) groups excluding carboxylic acids is 1. The quantitative estimate of drug-likeness (QED) is 0.257. The van der Waals surface area contributed by atoms with Crippen LogP contribution in [0, 0.1) is 29.1 Å². The number of rotatable bonds is 3. The van der Waals surface area contributed by atoms with Crippen LogP contribution < -0.4 is 4.74 Å². The van der Waals surface area contributed by atoms with Crippen LogP contribution in [-0.4, -0.2) is 11.0 Å². The van der Waals surface area contributed by atoms with Crippen molar-refractivity contribution in [3.63, 3.8) is 0 Å². The highest BCUT2D eigenvalue weighted by Crippen LogP contribution is 2.29. The average Bonchev–Trinajstić information content (AvgIpc) is 2.98. The number of para-hydroxylation sites is 1. The zero-order valence-electron chi connectivity index (χ0n) is 11.8. The number of esters is 1. The predicted octanol–water partition coefficient (Wildman–Crippen LogP) is 4.01. The molecule has 8 heteroatoms. The van der Waals surface area contributed by atoms with Gasteiger partial charge in [-0.2, -0.15) is 8.78 Å². The summed E-state index contributed by atoms with van der Waals surface area (Å²) in [6.07, 6.45) is 1.08. The van der Waals surface area contributed by atoms with Gasteiger partial charge in [0, 0.05) is 17.1 Å². The van der Waals surface area contributed by atoms with E-state index in [9.17, 15) is 26.7 Å². The van der Waals surface area contributed by atoms with Crippen molar-refractivity contribution in [3.8, 4) is 5.75 Å². The van der Waals surface area contributed by atoms with Gasteiger partial charge in [-0.05, 0) is 11.6 Å². The number of benzene rings is 2. The van der Waals surface area contributed by atoms with E-state index >= 15 is 0 Å². The normalized spacial score (nSPS) is 11.0. The van der Waals surface area contributed by atoms with Crippen molar-refractivity contribution in [3.05, 3.63) is 65.1 Å². The standard InChI is InChI=1S/C16H8F5NO2/c17-11-12(18)14(20)16(15(21)13(11)19)24-10(23)5-7-6-22-9-4-2-1-3-8(7)9/h1-4,6,22H,5H2. The van der Waals surface area contributed by atoms with Crippen LogP contribution in [-0.2, 0) is 11.2 Å². The molecule has 124 valence electrons. The molecule has 1 aromatic heterocycles. The second-order valence-electron chi connectivity index (χ2n) is 4.91. The van der Waals surface area contributed by atoms with Crippen molar-refractivity contribution in [1.82, 2.24) is 4.98 Å². The van der Waals surface area contributed by atoms with Crippen molar-refractivity contribution >= 4 is 16.9 Å². The molecule has 1 heterocycles. The summed E-state index contributed by atoms with van der Waals surface area (Å²) in [5, 5.41) is 0.673. The van der Waals surface area contributed by atoms with Crippen LogP contribution >= 0.6 is 0 Å². The summed E-state index contributed by atoms with van der Waals surface area (Å²) in [5.74, 6) is -13.8. The van der Waals surface area contributed by atoms with Gasteiger partial charge in [0.05, 0.1) is 6.42 Å². The Morgan fingerprint density at radius 1 is 0.917 bits per heavy atom. The summed E-state index contributed by atoms with van der Waals surface area (Å²) in [5.41, 5.74) is 1.18. The first-order valence-electron chi connectivity index (χ1n) is 6.67. The second-order valence-corrected chi connectivity index (χ2v) is 4.91. The third-order valence-corrected chi connectivity index (χ3v) is 3.40. The highest BCUT2D eigenvalue weighted by Gasteiger charge is 2.28. The zero-order chi connectivity index (χ0) is 17.4. The zero-order valence-corrected chi connectivity index (χ0v) is 11.8. The molecule has 0 radical (unpaired) electrons.